The molecule has 0 saturated carbocycles. The number of epoxide rings is 1. The first-order valence-electron chi connectivity index (χ1n) is 26.7. The fourth-order valence-corrected chi connectivity index (χ4v) is 8.62. The number of benzene rings is 8. The quantitative estimate of drug-likeness (QED) is 0.0527. The van der Waals surface area contributed by atoms with Crippen LogP contribution in [0.4, 0.5) is 0 Å². The molecule has 0 aliphatic carbocycles. The summed E-state index contributed by atoms with van der Waals surface area (Å²) in [7, 11) is 13.4. The monoisotopic (exact) mass is 1170 g/mol. The van der Waals surface area contributed by atoms with Crippen molar-refractivity contribution in [3.05, 3.63) is 185 Å². The van der Waals surface area contributed by atoms with Crippen LogP contribution in [0.5, 0.6) is 51.7 Å². The maximum Gasteiger partial charge on any atom is 0.161 e. The summed E-state index contributed by atoms with van der Waals surface area (Å²) in [6.45, 7) is 15.2. The van der Waals surface area contributed by atoms with Crippen LogP contribution in [0, 0.1) is 48.5 Å². The lowest BCUT2D eigenvalue weighted by Gasteiger charge is -2.14. The van der Waals surface area contributed by atoms with Crippen LogP contribution >= 0.6 is 23.2 Å². The van der Waals surface area contributed by atoms with E-state index in [0.29, 0.717) is 23.5 Å². The first-order valence-corrected chi connectivity index (χ1v) is 27.8. The van der Waals surface area contributed by atoms with Crippen LogP contribution in [0.1, 0.15) is 38.9 Å². The zero-order valence-electron chi connectivity index (χ0n) is 50.7. The van der Waals surface area contributed by atoms with E-state index in [1.807, 2.05) is 84.9 Å². The first kappa shape index (κ1) is 67.9. The minimum absolute atomic E-state index is 0. The molecule has 2 atom stereocenters. The number of ether oxygens (including phenoxy) is 10. The Morgan fingerprint density at radius 1 is 0.361 bits per heavy atom. The molecule has 2 unspecified atom stereocenters. The van der Waals surface area contributed by atoms with Gasteiger partial charge in [0, 0.05) is 0 Å². The van der Waals surface area contributed by atoms with E-state index in [9.17, 15) is 5.11 Å². The van der Waals surface area contributed by atoms with Crippen LogP contribution in [-0.4, -0.2) is 99.2 Å². The van der Waals surface area contributed by atoms with E-state index in [4.69, 9.17) is 70.6 Å². The predicted octanol–water partition coefficient (Wildman–Crippen LogP) is 15.3. The molecule has 0 spiro atoms. The van der Waals surface area contributed by atoms with Crippen LogP contribution in [0.2, 0.25) is 0 Å². The normalized spacial score (nSPS) is 12.0. The van der Waals surface area contributed by atoms with Gasteiger partial charge in [0.05, 0.1) is 81.3 Å². The molecule has 444 valence electrons. The molecule has 4 N–H and O–H groups in total. The number of rotatable bonds is 17. The number of alkyl halides is 2. The van der Waals surface area contributed by atoms with E-state index in [1.54, 1.807) is 56.9 Å². The van der Waals surface area contributed by atoms with Crippen LogP contribution in [-0.2, 0) is 10.2 Å². The zero-order valence-corrected chi connectivity index (χ0v) is 52.2. The van der Waals surface area contributed by atoms with E-state index >= 15 is 0 Å². The maximum atomic E-state index is 9.49. The second-order valence-electron chi connectivity index (χ2n) is 19.4. The van der Waals surface area contributed by atoms with E-state index in [1.165, 1.54) is 0 Å². The molecular formula is C69H83Cl2O12+. The summed E-state index contributed by atoms with van der Waals surface area (Å²) in [6, 6.07) is 49.0. The van der Waals surface area contributed by atoms with Gasteiger partial charge < -0.3 is 58.0 Å². The summed E-state index contributed by atoms with van der Waals surface area (Å²) >= 11 is 10.8. The molecule has 8 aromatic rings. The maximum absolute atomic E-state index is 9.49. The number of hydrogen-bond acceptors (Lipinski definition) is 11. The van der Waals surface area contributed by atoms with Crippen molar-refractivity contribution in [2.45, 2.75) is 60.7 Å². The Bertz CT molecular complexity index is 2900. The molecule has 83 heavy (non-hydrogen) atoms. The van der Waals surface area contributed by atoms with E-state index in [2.05, 4.69) is 109 Å². The van der Waals surface area contributed by atoms with Crippen molar-refractivity contribution in [3.63, 3.8) is 0 Å². The van der Waals surface area contributed by atoms with Gasteiger partial charge in [0.15, 0.2) is 11.5 Å². The highest BCUT2D eigenvalue weighted by molar-refractivity contribution is 6.18. The molecule has 14 heteroatoms. The average Bonchev–Trinajstić information content (AvgIpc) is 4.43. The van der Waals surface area contributed by atoms with E-state index in [-0.39, 0.29) is 18.0 Å². The van der Waals surface area contributed by atoms with Gasteiger partial charge in [0.1, 0.15) is 53.0 Å². The van der Waals surface area contributed by atoms with E-state index < -0.39 is 6.10 Å². The Kier molecular flexibility index (Phi) is 27.9. The van der Waals surface area contributed by atoms with Gasteiger partial charge in [0.25, 0.3) is 0 Å². The van der Waals surface area contributed by atoms with Crippen LogP contribution in [0.15, 0.2) is 146 Å². The third-order valence-corrected chi connectivity index (χ3v) is 14.2. The van der Waals surface area contributed by atoms with Crippen molar-refractivity contribution in [1.82, 2.24) is 0 Å². The number of halogens is 2. The number of aliphatic hydroxyl groups excluding tert-OH is 1. The van der Waals surface area contributed by atoms with Crippen molar-refractivity contribution in [1.29, 1.82) is 0 Å². The number of aryl methyl sites for hydroxylation is 7. The standard InChI is InChI=1S/C18H21ClO4.3C16H18O2.C3H5ClO.H2O/c1-12-4-5-13(8-17(12)21-2)14-6-7-16(18(9-14)22-3)23-11-15(20)10-19;3*1-11-5-7-13(9-15(11)17-3)14-8-6-12(2)16(10-14)18-4;4-1-3-2-5-3;/h4-9,15,20H,10-11H2,1-3H3;3*5-10H,1-4H3;3H,1-2H2;1H2/p+1. The molecule has 0 radical (unpaired) electrons. The van der Waals surface area contributed by atoms with Crippen molar-refractivity contribution in [2.75, 3.05) is 81.9 Å². The Morgan fingerprint density at radius 2 is 0.566 bits per heavy atom. The van der Waals surface area contributed by atoms with Crippen molar-refractivity contribution < 1.29 is 58.0 Å². The van der Waals surface area contributed by atoms with Gasteiger partial charge in [-0.2, -0.15) is 0 Å². The fourth-order valence-electron chi connectivity index (χ4n) is 8.35. The van der Waals surface area contributed by atoms with Crippen molar-refractivity contribution in [3.8, 4) is 96.3 Å². The van der Waals surface area contributed by atoms with Gasteiger partial charge >= 0.3 is 0 Å². The third-order valence-electron chi connectivity index (χ3n) is 13.5. The van der Waals surface area contributed by atoms with Crippen LogP contribution < -0.4 is 42.6 Å². The summed E-state index contributed by atoms with van der Waals surface area (Å²) in [5.74, 6) is 8.26. The van der Waals surface area contributed by atoms with Gasteiger partial charge in [-0.25, -0.2) is 0 Å². The Labute approximate surface area is 502 Å². The highest BCUT2D eigenvalue weighted by atomic mass is 35.5. The summed E-state index contributed by atoms with van der Waals surface area (Å²) in [5.41, 5.74) is 16.7. The van der Waals surface area contributed by atoms with Crippen LogP contribution in [0.3, 0.4) is 0 Å². The molecule has 9 rings (SSSR count). The van der Waals surface area contributed by atoms with Gasteiger partial charge in [-0.15, -0.1) is 23.2 Å². The molecule has 1 saturated heterocycles. The lowest BCUT2D eigenvalue weighted by atomic mass is 10.0. The first-order chi connectivity index (χ1) is 39.5. The summed E-state index contributed by atoms with van der Waals surface area (Å²) in [6.07, 6.45) is -0.306. The van der Waals surface area contributed by atoms with Crippen LogP contribution in [0.25, 0.3) is 44.5 Å². The lowest BCUT2D eigenvalue weighted by Crippen LogP contribution is -2.19. The molecule has 1 fully saturated rings. The molecule has 0 amide bonds. The topological polar surface area (TPSA) is 149 Å². The molecule has 12 nitrogen and oxygen atoms in total. The smallest absolute Gasteiger partial charge is 0.161 e. The molecule has 8 aromatic carbocycles. The summed E-state index contributed by atoms with van der Waals surface area (Å²) in [5, 5.41) is 9.49. The zero-order chi connectivity index (χ0) is 59.9. The van der Waals surface area contributed by atoms with Gasteiger partial charge in [-0.1, -0.05) is 91.0 Å². The molecule has 0 bridgehead atoms. The molecule has 1 aliphatic heterocycles. The second-order valence-corrected chi connectivity index (χ2v) is 20.0. The fraction of sp³-hybridized carbons (Fsp3) is 0.304. The second kappa shape index (κ2) is 34.1. The van der Waals surface area contributed by atoms with Crippen molar-refractivity contribution in [2.24, 2.45) is 0 Å². The molecular weight excluding hydrogens is 1090 g/mol. The van der Waals surface area contributed by atoms with Crippen molar-refractivity contribution >= 4 is 23.2 Å². The highest BCUT2D eigenvalue weighted by Crippen LogP contribution is 2.36. The minimum Gasteiger partial charge on any atom is -0.496 e. The molecule has 1 aliphatic rings. The van der Waals surface area contributed by atoms with Gasteiger partial charge in [-0.05, 0) is 187 Å². The third kappa shape index (κ3) is 19.8. The lowest BCUT2D eigenvalue weighted by molar-refractivity contribution is 0.123. The summed E-state index contributed by atoms with van der Waals surface area (Å²) in [4.78, 5) is 0. The summed E-state index contributed by atoms with van der Waals surface area (Å²) < 4.78 is 53.2. The molecule has 1 heterocycles. The number of methoxy groups -OCH3 is 8. The largest absolute Gasteiger partial charge is 0.496 e. The Morgan fingerprint density at radius 3 is 0.735 bits per heavy atom. The predicted molar refractivity (Wildman–Crippen MR) is 341 cm³/mol. The van der Waals surface area contributed by atoms with E-state index in [0.717, 1.165) is 130 Å². The minimum atomic E-state index is -0.706. The Hall–Kier alpha value is -7.58. The number of hydrogen-bond donors (Lipinski definition) is 1. The average molecular weight is 1180 g/mol. The number of aliphatic hydroxyl groups is 1. The van der Waals surface area contributed by atoms with Gasteiger partial charge in [0.2, 0.25) is 0 Å². The SMILES string of the molecule is COc1cc(-c2ccc(C)c(OC)c2)ccc1C.COc1cc(-c2ccc(C)c(OC)c2)ccc1C.COc1cc(-c2ccc(C)c(OC)c2)ccc1C.COc1cc(-c2ccc(OCC(O)CCl)c(OC)c2)ccc1C.ClCC1CO1.[OH3+]. The highest BCUT2D eigenvalue weighted by Gasteiger charge is 2.20. The Balaban J connectivity index is 0.000000231. The molecule has 0 aromatic heterocycles. The van der Waals surface area contributed by atoms with Gasteiger partial charge in [-0.3, -0.25) is 0 Å².